The molecule has 6 rings (SSSR count). The molecule has 2 N–H and O–H groups in total. The van der Waals surface area contributed by atoms with Crippen molar-refractivity contribution in [3.8, 4) is 45.4 Å². The van der Waals surface area contributed by atoms with Crippen LogP contribution in [0.3, 0.4) is 0 Å². The number of ether oxygens (including phenoxy) is 2. The summed E-state index contributed by atoms with van der Waals surface area (Å²) in [5.74, 6) is 2.16. The van der Waals surface area contributed by atoms with Crippen LogP contribution in [-0.2, 0) is 6.42 Å². The minimum Gasteiger partial charge on any atom is -0.493 e. The smallest absolute Gasteiger partial charge is 0.161 e. The van der Waals surface area contributed by atoms with Gasteiger partial charge in [0, 0.05) is 41.2 Å². The lowest BCUT2D eigenvalue weighted by molar-refractivity contribution is 0.180. The molecular formula is C31H34ClN5O3. The number of aromatic nitrogens is 3. The van der Waals surface area contributed by atoms with Gasteiger partial charge in [-0.3, -0.25) is 9.88 Å². The Labute approximate surface area is 240 Å². The quantitative estimate of drug-likeness (QED) is 0.196. The highest BCUT2D eigenvalue weighted by molar-refractivity contribution is 6.04. The van der Waals surface area contributed by atoms with E-state index in [-0.39, 0.29) is 12.4 Å². The van der Waals surface area contributed by atoms with E-state index < -0.39 is 0 Å². The van der Waals surface area contributed by atoms with Crippen LogP contribution in [0.5, 0.6) is 11.5 Å². The molecule has 0 spiro atoms. The number of nitrogens with one attached hydrogen (secondary N) is 1. The maximum absolute atomic E-state index is 9.33. The number of aromatic amines is 1. The molecule has 0 radical (unpaired) electrons. The lowest BCUT2D eigenvalue weighted by atomic mass is 10.0. The first-order valence-electron chi connectivity index (χ1n) is 13.6. The van der Waals surface area contributed by atoms with E-state index in [0.29, 0.717) is 12.4 Å². The zero-order valence-electron chi connectivity index (χ0n) is 22.6. The molecule has 8 nitrogen and oxygen atoms in total. The van der Waals surface area contributed by atoms with Gasteiger partial charge in [-0.05, 0) is 80.7 Å². The normalized spacial score (nSPS) is 16.0. The maximum atomic E-state index is 9.33. The number of aryl methyl sites for hydroxylation is 1. The van der Waals surface area contributed by atoms with Gasteiger partial charge in [-0.25, -0.2) is 4.98 Å². The van der Waals surface area contributed by atoms with Gasteiger partial charge in [-0.15, -0.1) is 12.4 Å². The monoisotopic (exact) mass is 559 g/mol. The maximum Gasteiger partial charge on any atom is 0.161 e. The molecule has 3 heterocycles. The fourth-order valence-electron chi connectivity index (χ4n) is 5.57. The third kappa shape index (κ3) is 5.69. The van der Waals surface area contributed by atoms with Gasteiger partial charge in [0.1, 0.15) is 12.4 Å². The van der Waals surface area contributed by atoms with Gasteiger partial charge in [0.15, 0.2) is 11.5 Å². The average molecular weight is 560 g/mol. The van der Waals surface area contributed by atoms with Crippen LogP contribution < -0.4 is 9.47 Å². The molecule has 2 aliphatic rings. The predicted octanol–water partition coefficient (Wildman–Crippen LogP) is 6.23. The number of imidazole rings is 1. The number of hydrogen-bond donors (Lipinski definition) is 2. The summed E-state index contributed by atoms with van der Waals surface area (Å²) in [4.78, 5) is 15.3. The summed E-state index contributed by atoms with van der Waals surface area (Å²) >= 11 is 0. The van der Waals surface area contributed by atoms with Crippen molar-refractivity contribution in [1.82, 2.24) is 19.9 Å². The fraction of sp³-hybridized carbons (Fsp3) is 0.323. The molecule has 0 amide bonds. The standard InChI is InChI=1S/C31H33N5O3.ClH/c1-38-28-20-24(7-10-27(28)39-18-17-36-15-3-2-4-16-36)31-33-29(21-11-13-32-14-12-21)30(34-31)23-5-8-25-22(19-23)6-9-26(25)35-37;/h5,7-8,10-14,19-20,37H,2-4,6,9,15-18H2,1H3,(H,33,34);1H/b35-26+;. The van der Waals surface area contributed by atoms with Gasteiger partial charge in [0.25, 0.3) is 0 Å². The average Bonchev–Trinajstić information content (AvgIpc) is 3.63. The lowest BCUT2D eigenvalue weighted by Gasteiger charge is -2.26. The molecule has 2 aromatic heterocycles. The number of H-pyrrole nitrogens is 1. The Bertz CT molecular complexity index is 1480. The van der Waals surface area contributed by atoms with E-state index in [1.807, 2.05) is 42.5 Å². The minimum atomic E-state index is 0. The van der Waals surface area contributed by atoms with Crippen LogP contribution in [0.25, 0.3) is 33.9 Å². The SMILES string of the molecule is COc1cc(-c2nc(-c3ccc4c(c3)CC/C4=N\O)c(-c3ccncc3)[nH]2)ccc1OCCN1CCCCC1.Cl. The van der Waals surface area contributed by atoms with Crippen molar-refractivity contribution in [2.24, 2.45) is 5.16 Å². The van der Waals surface area contributed by atoms with Crippen LogP contribution in [0.4, 0.5) is 0 Å². The molecule has 1 aliphatic carbocycles. The van der Waals surface area contributed by atoms with Gasteiger partial charge in [-0.2, -0.15) is 0 Å². The molecule has 9 heteroatoms. The van der Waals surface area contributed by atoms with E-state index in [1.54, 1.807) is 19.5 Å². The Kier molecular flexibility index (Phi) is 8.67. The van der Waals surface area contributed by atoms with Crippen LogP contribution in [0.2, 0.25) is 0 Å². The molecule has 0 atom stereocenters. The van der Waals surface area contributed by atoms with Gasteiger partial charge in [0.05, 0.1) is 24.2 Å². The summed E-state index contributed by atoms with van der Waals surface area (Å²) in [5, 5.41) is 12.8. The third-order valence-electron chi connectivity index (χ3n) is 7.67. The first kappa shape index (κ1) is 27.7. The van der Waals surface area contributed by atoms with Crippen molar-refractivity contribution in [3.05, 3.63) is 72.1 Å². The van der Waals surface area contributed by atoms with Crippen LogP contribution in [-0.4, -0.2) is 64.1 Å². The molecule has 0 saturated carbocycles. The van der Waals surface area contributed by atoms with Crippen LogP contribution in [0.15, 0.2) is 66.1 Å². The van der Waals surface area contributed by atoms with Crippen molar-refractivity contribution in [2.45, 2.75) is 32.1 Å². The Morgan fingerprint density at radius 3 is 2.50 bits per heavy atom. The molecule has 0 unspecified atom stereocenters. The van der Waals surface area contributed by atoms with Crippen molar-refractivity contribution in [2.75, 3.05) is 33.4 Å². The van der Waals surface area contributed by atoms with E-state index in [2.05, 4.69) is 26.1 Å². The highest BCUT2D eigenvalue weighted by atomic mass is 35.5. The highest BCUT2D eigenvalue weighted by Gasteiger charge is 2.22. The summed E-state index contributed by atoms with van der Waals surface area (Å²) in [7, 11) is 1.67. The zero-order valence-corrected chi connectivity index (χ0v) is 23.4. The number of rotatable bonds is 8. The minimum absolute atomic E-state index is 0. The molecule has 1 aliphatic heterocycles. The van der Waals surface area contributed by atoms with Gasteiger partial charge >= 0.3 is 0 Å². The summed E-state index contributed by atoms with van der Waals surface area (Å²) in [6.07, 6.45) is 9.03. The van der Waals surface area contributed by atoms with Gasteiger partial charge in [-0.1, -0.05) is 23.7 Å². The second-order valence-corrected chi connectivity index (χ2v) is 10.1. The van der Waals surface area contributed by atoms with Crippen molar-refractivity contribution >= 4 is 18.1 Å². The van der Waals surface area contributed by atoms with E-state index in [0.717, 1.165) is 83.4 Å². The van der Waals surface area contributed by atoms with Crippen LogP contribution in [0.1, 0.15) is 36.8 Å². The number of nitrogens with zero attached hydrogens (tertiary/aromatic N) is 4. The van der Waals surface area contributed by atoms with E-state index in [4.69, 9.17) is 14.5 Å². The summed E-state index contributed by atoms with van der Waals surface area (Å²) in [6.45, 7) is 3.86. The van der Waals surface area contributed by atoms with E-state index in [9.17, 15) is 5.21 Å². The molecule has 2 aromatic carbocycles. The Hall–Kier alpha value is -3.88. The number of halogens is 1. The lowest BCUT2D eigenvalue weighted by Crippen LogP contribution is -2.33. The van der Waals surface area contributed by atoms with Crippen molar-refractivity contribution in [3.63, 3.8) is 0 Å². The van der Waals surface area contributed by atoms with Gasteiger partial charge < -0.3 is 19.7 Å². The summed E-state index contributed by atoms with van der Waals surface area (Å²) in [5.41, 5.74) is 7.60. The van der Waals surface area contributed by atoms with Gasteiger partial charge in [0.2, 0.25) is 0 Å². The topological polar surface area (TPSA) is 95.9 Å². The van der Waals surface area contributed by atoms with Crippen LogP contribution in [0, 0.1) is 0 Å². The second kappa shape index (κ2) is 12.5. The zero-order chi connectivity index (χ0) is 26.6. The predicted molar refractivity (Wildman–Crippen MR) is 159 cm³/mol. The fourth-order valence-corrected chi connectivity index (χ4v) is 5.57. The van der Waals surface area contributed by atoms with Crippen molar-refractivity contribution in [1.29, 1.82) is 0 Å². The molecule has 4 aromatic rings. The third-order valence-corrected chi connectivity index (χ3v) is 7.67. The number of fused-ring (bicyclic) bond motifs is 1. The molecular weight excluding hydrogens is 526 g/mol. The first-order valence-corrected chi connectivity index (χ1v) is 13.6. The number of benzene rings is 2. The number of pyridine rings is 1. The highest BCUT2D eigenvalue weighted by Crippen LogP contribution is 2.37. The molecule has 0 bridgehead atoms. The first-order chi connectivity index (χ1) is 19.2. The largest absolute Gasteiger partial charge is 0.493 e. The number of methoxy groups -OCH3 is 1. The van der Waals surface area contributed by atoms with Crippen LogP contribution >= 0.6 is 12.4 Å². The molecule has 1 saturated heterocycles. The van der Waals surface area contributed by atoms with E-state index in [1.165, 1.54) is 24.8 Å². The Balaban J connectivity index is 0.00000323. The molecule has 40 heavy (non-hydrogen) atoms. The summed E-state index contributed by atoms with van der Waals surface area (Å²) in [6, 6.07) is 16.1. The number of oxime groups is 1. The Morgan fingerprint density at radius 2 is 1.73 bits per heavy atom. The molecule has 1 fully saturated rings. The van der Waals surface area contributed by atoms with Crippen molar-refractivity contribution < 1.29 is 14.7 Å². The summed E-state index contributed by atoms with van der Waals surface area (Å²) < 4.78 is 11.8. The number of likely N-dealkylation sites (tertiary alicyclic amines) is 1. The number of hydrogen-bond acceptors (Lipinski definition) is 7. The second-order valence-electron chi connectivity index (χ2n) is 10.1. The van der Waals surface area contributed by atoms with E-state index >= 15 is 0 Å². The number of piperidine rings is 1. The molecule has 208 valence electrons. The Morgan fingerprint density at radius 1 is 0.925 bits per heavy atom.